The van der Waals surface area contributed by atoms with Crippen molar-refractivity contribution in [3.8, 4) is 17.2 Å². The lowest BCUT2D eigenvalue weighted by Gasteiger charge is -2.15. The van der Waals surface area contributed by atoms with E-state index in [1.165, 1.54) is 0 Å². The first-order valence-corrected chi connectivity index (χ1v) is 6.38. The highest BCUT2D eigenvalue weighted by atomic mass is 79.9. The number of nitrogens with one attached hydrogen (secondary N) is 1. The Hall–Kier alpha value is -0.980. The summed E-state index contributed by atoms with van der Waals surface area (Å²) in [6.45, 7) is 1.78. The Morgan fingerprint density at radius 3 is 2.28 bits per heavy atom. The van der Waals surface area contributed by atoms with Crippen LogP contribution in [0, 0.1) is 0 Å². The highest BCUT2D eigenvalue weighted by Crippen LogP contribution is 2.39. The Kier molecular flexibility index (Phi) is 6.85. The van der Waals surface area contributed by atoms with Crippen molar-refractivity contribution in [2.24, 2.45) is 0 Å². The lowest BCUT2D eigenvalue weighted by atomic mass is 10.3. The van der Waals surface area contributed by atoms with Gasteiger partial charge in [0.2, 0.25) is 5.75 Å². The first kappa shape index (κ1) is 15.1. The van der Waals surface area contributed by atoms with E-state index < -0.39 is 0 Å². The van der Waals surface area contributed by atoms with Gasteiger partial charge in [0.25, 0.3) is 0 Å². The van der Waals surface area contributed by atoms with Crippen LogP contribution in [0.5, 0.6) is 17.2 Å². The molecule has 1 aromatic rings. The average molecular weight is 320 g/mol. The minimum atomic E-state index is 0.116. The van der Waals surface area contributed by atoms with E-state index in [2.05, 4.69) is 21.2 Å². The molecule has 0 bridgehead atoms. The van der Waals surface area contributed by atoms with Crippen molar-refractivity contribution in [3.63, 3.8) is 0 Å². The number of ether oxygens (including phenoxy) is 3. The molecule has 0 heterocycles. The van der Waals surface area contributed by atoms with Gasteiger partial charge in [0, 0.05) is 17.6 Å². The van der Waals surface area contributed by atoms with Crippen LogP contribution in [0.2, 0.25) is 0 Å². The van der Waals surface area contributed by atoms with Crippen LogP contribution in [0.4, 0.5) is 0 Å². The zero-order valence-electron chi connectivity index (χ0n) is 10.5. The van der Waals surface area contributed by atoms with E-state index in [1.54, 1.807) is 14.2 Å². The van der Waals surface area contributed by atoms with Crippen LogP contribution in [0.1, 0.15) is 0 Å². The van der Waals surface area contributed by atoms with E-state index in [0.29, 0.717) is 36.9 Å². The molecule has 0 fully saturated rings. The fourth-order valence-electron chi connectivity index (χ4n) is 1.42. The van der Waals surface area contributed by atoms with E-state index >= 15 is 0 Å². The highest BCUT2D eigenvalue weighted by molar-refractivity contribution is 9.10. The Morgan fingerprint density at radius 2 is 1.78 bits per heavy atom. The van der Waals surface area contributed by atoms with Gasteiger partial charge in [0.05, 0.1) is 20.8 Å². The number of hydrogen-bond acceptors (Lipinski definition) is 5. The number of rotatable bonds is 8. The second-order valence-electron chi connectivity index (χ2n) is 3.46. The molecule has 0 radical (unpaired) electrons. The lowest BCUT2D eigenvalue weighted by Crippen LogP contribution is -2.24. The Balaban J connectivity index is 2.67. The summed E-state index contributed by atoms with van der Waals surface area (Å²) < 4.78 is 17.0. The molecule has 0 unspecified atom stereocenters. The molecular weight excluding hydrogens is 302 g/mol. The summed E-state index contributed by atoms with van der Waals surface area (Å²) >= 11 is 3.38. The van der Waals surface area contributed by atoms with Crippen molar-refractivity contribution >= 4 is 15.9 Å². The third-order valence-electron chi connectivity index (χ3n) is 2.24. The van der Waals surface area contributed by atoms with Crippen LogP contribution < -0.4 is 19.5 Å². The van der Waals surface area contributed by atoms with Crippen LogP contribution in [-0.2, 0) is 0 Å². The van der Waals surface area contributed by atoms with Gasteiger partial charge >= 0.3 is 0 Å². The largest absolute Gasteiger partial charge is 0.493 e. The predicted molar refractivity (Wildman–Crippen MR) is 72.7 cm³/mol. The summed E-state index contributed by atoms with van der Waals surface area (Å²) in [6.07, 6.45) is 0. The quantitative estimate of drug-likeness (QED) is 0.710. The molecule has 0 saturated heterocycles. The zero-order valence-corrected chi connectivity index (χ0v) is 12.1. The van der Waals surface area contributed by atoms with Gasteiger partial charge in [-0.25, -0.2) is 0 Å². The standard InChI is InChI=1S/C12H18BrNO4/c1-16-10-7-9(13)8-11(17-2)12(10)18-6-4-14-3-5-15/h7-8,14-15H,3-6H2,1-2H3. The SMILES string of the molecule is COc1cc(Br)cc(OC)c1OCCNCCO. The lowest BCUT2D eigenvalue weighted by molar-refractivity contribution is 0.260. The summed E-state index contributed by atoms with van der Waals surface area (Å²) in [5, 5.41) is 11.7. The van der Waals surface area contributed by atoms with Gasteiger partial charge in [-0.1, -0.05) is 15.9 Å². The van der Waals surface area contributed by atoms with Gasteiger partial charge in [-0.05, 0) is 12.1 Å². The van der Waals surface area contributed by atoms with E-state index in [-0.39, 0.29) is 6.61 Å². The topological polar surface area (TPSA) is 60.0 Å². The fraction of sp³-hybridized carbons (Fsp3) is 0.500. The molecule has 5 nitrogen and oxygen atoms in total. The van der Waals surface area contributed by atoms with Crippen molar-refractivity contribution in [1.29, 1.82) is 0 Å². The van der Waals surface area contributed by atoms with Crippen LogP contribution in [0.15, 0.2) is 16.6 Å². The minimum absolute atomic E-state index is 0.116. The fourth-order valence-corrected chi connectivity index (χ4v) is 1.84. The zero-order chi connectivity index (χ0) is 13.4. The third kappa shape index (κ3) is 4.36. The molecule has 0 atom stereocenters. The van der Waals surface area contributed by atoms with Gasteiger partial charge in [0.15, 0.2) is 11.5 Å². The smallest absolute Gasteiger partial charge is 0.203 e. The summed E-state index contributed by atoms with van der Waals surface area (Å²) in [7, 11) is 3.16. The minimum Gasteiger partial charge on any atom is -0.493 e. The third-order valence-corrected chi connectivity index (χ3v) is 2.70. The molecule has 0 amide bonds. The summed E-state index contributed by atoms with van der Waals surface area (Å²) in [5.74, 6) is 1.81. The molecule has 102 valence electrons. The Morgan fingerprint density at radius 1 is 1.17 bits per heavy atom. The molecule has 0 aliphatic heterocycles. The molecule has 0 saturated carbocycles. The number of aliphatic hydroxyl groups excluding tert-OH is 1. The van der Waals surface area contributed by atoms with Crippen molar-refractivity contribution in [2.75, 3.05) is 40.5 Å². The second kappa shape index (κ2) is 8.18. The molecule has 0 spiro atoms. The van der Waals surface area contributed by atoms with Crippen LogP contribution >= 0.6 is 15.9 Å². The Bertz CT molecular complexity index is 348. The van der Waals surface area contributed by atoms with Gasteiger partial charge in [-0.3, -0.25) is 0 Å². The number of methoxy groups -OCH3 is 2. The van der Waals surface area contributed by atoms with Crippen LogP contribution in [0.3, 0.4) is 0 Å². The van der Waals surface area contributed by atoms with E-state index in [0.717, 1.165) is 4.47 Å². The molecule has 18 heavy (non-hydrogen) atoms. The van der Waals surface area contributed by atoms with Gasteiger partial charge in [-0.2, -0.15) is 0 Å². The van der Waals surface area contributed by atoms with E-state index in [4.69, 9.17) is 19.3 Å². The van der Waals surface area contributed by atoms with Crippen molar-refractivity contribution < 1.29 is 19.3 Å². The maximum atomic E-state index is 8.63. The first-order chi connectivity index (χ1) is 8.72. The maximum Gasteiger partial charge on any atom is 0.203 e. The molecule has 0 aromatic heterocycles. The molecule has 6 heteroatoms. The van der Waals surface area contributed by atoms with Gasteiger partial charge in [-0.15, -0.1) is 0 Å². The monoisotopic (exact) mass is 319 g/mol. The van der Waals surface area contributed by atoms with Crippen LogP contribution in [-0.4, -0.2) is 45.6 Å². The summed E-state index contributed by atoms with van der Waals surface area (Å²) in [4.78, 5) is 0. The number of aliphatic hydroxyl groups is 1. The van der Waals surface area contributed by atoms with Crippen LogP contribution in [0.25, 0.3) is 0 Å². The molecular formula is C12H18BrNO4. The van der Waals surface area contributed by atoms with Crippen molar-refractivity contribution in [3.05, 3.63) is 16.6 Å². The predicted octanol–water partition coefficient (Wildman–Crippen LogP) is 1.43. The molecule has 1 aromatic carbocycles. The normalized spacial score (nSPS) is 10.2. The molecule has 0 aliphatic rings. The summed E-state index contributed by atoms with van der Waals surface area (Å²) in [6, 6.07) is 3.64. The molecule has 2 N–H and O–H groups in total. The highest BCUT2D eigenvalue weighted by Gasteiger charge is 2.13. The van der Waals surface area contributed by atoms with Crippen molar-refractivity contribution in [1.82, 2.24) is 5.32 Å². The second-order valence-corrected chi connectivity index (χ2v) is 4.38. The molecule has 0 aliphatic carbocycles. The summed E-state index contributed by atoms with van der Waals surface area (Å²) in [5.41, 5.74) is 0. The van der Waals surface area contributed by atoms with E-state index in [9.17, 15) is 0 Å². The van der Waals surface area contributed by atoms with Gasteiger partial charge < -0.3 is 24.6 Å². The molecule has 1 rings (SSSR count). The number of hydrogen-bond donors (Lipinski definition) is 2. The number of benzene rings is 1. The Labute approximate surface area is 115 Å². The van der Waals surface area contributed by atoms with Crippen molar-refractivity contribution in [2.45, 2.75) is 0 Å². The average Bonchev–Trinajstić information content (AvgIpc) is 2.39. The maximum absolute atomic E-state index is 8.63. The van der Waals surface area contributed by atoms with Gasteiger partial charge in [0.1, 0.15) is 6.61 Å². The first-order valence-electron chi connectivity index (χ1n) is 5.58. The van der Waals surface area contributed by atoms with E-state index in [1.807, 2.05) is 12.1 Å². The number of halogens is 1.